The predicted octanol–water partition coefficient (Wildman–Crippen LogP) is 3.59. The molecule has 1 fully saturated rings. The van der Waals surface area contributed by atoms with Crippen LogP contribution in [0.3, 0.4) is 0 Å². The van der Waals surface area contributed by atoms with Crippen molar-refractivity contribution < 1.29 is 18.1 Å². The van der Waals surface area contributed by atoms with Crippen LogP contribution in [-0.4, -0.2) is 37.2 Å². The Morgan fingerprint density at radius 2 is 1.89 bits per heavy atom. The third-order valence-corrected chi connectivity index (χ3v) is 6.22. The van der Waals surface area contributed by atoms with Gasteiger partial charge in [-0.1, -0.05) is 23.7 Å². The Kier molecular flexibility index (Phi) is 5.57. The average Bonchev–Trinajstić information content (AvgIpc) is 3.17. The number of benzene rings is 2. The Bertz CT molecular complexity index is 1050. The van der Waals surface area contributed by atoms with Gasteiger partial charge in [-0.25, -0.2) is 8.42 Å². The minimum atomic E-state index is -4.17. The van der Waals surface area contributed by atoms with Crippen molar-refractivity contribution in [2.75, 3.05) is 17.8 Å². The van der Waals surface area contributed by atoms with Gasteiger partial charge in [-0.15, -0.1) is 0 Å². The SMILES string of the molecule is Cc1cccc(C(=O)N2CCCC2)c1NS(=O)(=O)c1ccc(Cl)c([N+](=O)[O-])c1. The van der Waals surface area contributed by atoms with Gasteiger partial charge in [0.25, 0.3) is 21.6 Å². The first kappa shape index (κ1) is 20.1. The zero-order chi connectivity index (χ0) is 20.5. The normalized spacial score (nSPS) is 14.1. The largest absolute Gasteiger partial charge is 0.339 e. The Morgan fingerprint density at radius 1 is 1.21 bits per heavy atom. The number of nitro groups is 1. The topological polar surface area (TPSA) is 110 Å². The predicted molar refractivity (Wildman–Crippen MR) is 105 cm³/mol. The summed E-state index contributed by atoms with van der Waals surface area (Å²) in [5, 5.41) is 10.9. The van der Waals surface area contributed by atoms with Crippen LogP contribution in [0.15, 0.2) is 41.3 Å². The Labute approximate surface area is 167 Å². The summed E-state index contributed by atoms with van der Waals surface area (Å²) in [6.45, 7) is 2.94. The molecule has 1 aliphatic rings. The summed E-state index contributed by atoms with van der Waals surface area (Å²) < 4.78 is 28.1. The number of para-hydroxylation sites is 1. The van der Waals surface area contributed by atoms with Gasteiger partial charge in [-0.05, 0) is 43.5 Å². The van der Waals surface area contributed by atoms with E-state index in [9.17, 15) is 23.3 Å². The highest BCUT2D eigenvalue weighted by molar-refractivity contribution is 7.92. The maximum Gasteiger partial charge on any atom is 0.289 e. The summed E-state index contributed by atoms with van der Waals surface area (Å²) >= 11 is 5.76. The number of halogens is 1. The molecule has 0 aliphatic carbocycles. The second-order valence-corrected chi connectivity index (χ2v) is 8.56. The number of likely N-dealkylation sites (tertiary alicyclic amines) is 1. The first-order valence-corrected chi connectivity index (χ1v) is 10.4. The molecule has 0 spiro atoms. The number of nitro benzene ring substituents is 1. The van der Waals surface area contributed by atoms with E-state index in [4.69, 9.17) is 11.6 Å². The number of nitrogens with zero attached hydrogens (tertiary/aromatic N) is 2. The zero-order valence-electron chi connectivity index (χ0n) is 15.0. The van der Waals surface area contributed by atoms with Gasteiger partial charge in [0.05, 0.1) is 21.1 Å². The van der Waals surface area contributed by atoms with Crippen LogP contribution >= 0.6 is 11.6 Å². The molecule has 1 heterocycles. The highest BCUT2D eigenvalue weighted by Gasteiger charge is 2.26. The molecule has 3 rings (SSSR count). The third kappa shape index (κ3) is 3.95. The summed E-state index contributed by atoms with van der Waals surface area (Å²) in [6, 6.07) is 8.16. The molecule has 1 aliphatic heterocycles. The minimum Gasteiger partial charge on any atom is -0.339 e. The van der Waals surface area contributed by atoms with Crippen LogP contribution < -0.4 is 4.72 Å². The van der Waals surface area contributed by atoms with Gasteiger partial charge >= 0.3 is 0 Å². The van der Waals surface area contributed by atoms with Gasteiger partial charge in [0.2, 0.25) is 0 Å². The molecule has 0 atom stereocenters. The molecule has 8 nitrogen and oxygen atoms in total. The number of hydrogen-bond donors (Lipinski definition) is 1. The van der Waals surface area contributed by atoms with Gasteiger partial charge in [0, 0.05) is 19.2 Å². The molecule has 1 N–H and O–H groups in total. The fourth-order valence-corrected chi connectivity index (χ4v) is 4.42. The molecule has 2 aromatic rings. The monoisotopic (exact) mass is 423 g/mol. The molecular weight excluding hydrogens is 406 g/mol. The van der Waals surface area contributed by atoms with E-state index < -0.39 is 20.6 Å². The maximum absolute atomic E-state index is 12.8. The molecule has 0 unspecified atom stereocenters. The Hall–Kier alpha value is -2.65. The number of nitrogens with one attached hydrogen (secondary N) is 1. The van der Waals surface area contributed by atoms with Crippen molar-refractivity contribution in [3.8, 4) is 0 Å². The minimum absolute atomic E-state index is 0.162. The number of aryl methyl sites for hydroxylation is 1. The standard InChI is InChI=1S/C18H18ClN3O5S/c1-12-5-4-6-14(18(23)21-9-2-3-10-21)17(12)20-28(26,27)13-7-8-15(19)16(11-13)22(24)25/h4-8,11,20H,2-3,9-10H2,1H3. The van der Waals surface area contributed by atoms with Gasteiger partial charge < -0.3 is 4.90 Å². The lowest BCUT2D eigenvalue weighted by atomic mass is 10.1. The van der Waals surface area contributed by atoms with Crippen LogP contribution in [-0.2, 0) is 10.0 Å². The number of anilines is 1. The molecule has 0 aromatic heterocycles. The van der Waals surface area contributed by atoms with Crippen LogP contribution in [0.2, 0.25) is 5.02 Å². The summed E-state index contributed by atoms with van der Waals surface area (Å²) in [5.74, 6) is -0.249. The van der Waals surface area contributed by atoms with Crippen LogP contribution in [0.1, 0.15) is 28.8 Å². The van der Waals surface area contributed by atoms with Crippen molar-refractivity contribution in [3.05, 3.63) is 62.7 Å². The quantitative estimate of drug-likeness (QED) is 0.583. The van der Waals surface area contributed by atoms with E-state index >= 15 is 0 Å². The second kappa shape index (κ2) is 7.76. The lowest BCUT2D eigenvalue weighted by Crippen LogP contribution is -2.29. The van der Waals surface area contributed by atoms with Crippen molar-refractivity contribution in [2.24, 2.45) is 0 Å². The molecule has 0 saturated carbocycles. The first-order valence-electron chi connectivity index (χ1n) is 8.56. The molecule has 0 bridgehead atoms. The number of rotatable bonds is 5. The number of amides is 1. The van der Waals surface area contributed by atoms with E-state index in [1.807, 2.05) is 0 Å². The molecule has 1 saturated heterocycles. The number of carbonyl (C=O) groups is 1. The highest BCUT2D eigenvalue weighted by atomic mass is 35.5. The Balaban J connectivity index is 2.00. The summed E-state index contributed by atoms with van der Waals surface area (Å²) in [6.07, 6.45) is 1.82. The summed E-state index contributed by atoms with van der Waals surface area (Å²) in [4.78, 5) is 24.5. The van der Waals surface area contributed by atoms with Gasteiger partial charge in [-0.3, -0.25) is 19.6 Å². The van der Waals surface area contributed by atoms with E-state index in [0.29, 0.717) is 18.7 Å². The van der Waals surface area contributed by atoms with E-state index in [-0.39, 0.29) is 27.1 Å². The number of carbonyl (C=O) groups excluding carboxylic acids is 1. The van der Waals surface area contributed by atoms with Crippen molar-refractivity contribution >= 4 is 38.9 Å². The number of sulfonamides is 1. The molecule has 0 radical (unpaired) electrons. The maximum atomic E-state index is 12.8. The number of hydrogen-bond acceptors (Lipinski definition) is 5. The summed E-state index contributed by atoms with van der Waals surface area (Å²) in [7, 11) is -4.17. The van der Waals surface area contributed by atoms with E-state index in [1.54, 1.807) is 30.0 Å². The van der Waals surface area contributed by atoms with E-state index in [1.165, 1.54) is 6.07 Å². The Morgan fingerprint density at radius 3 is 2.54 bits per heavy atom. The van der Waals surface area contributed by atoms with Crippen molar-refractivity contribution in [1.82, 2.24) is 4.90 Å². The fourth-order valence-electron chi connectivity index (χ4n) is 3.06. The molecule has 2 aromatic carbocycles. The first-order chi connectivity index (χ1) is 13.2. The fraction of sp³-hybridized carbons (Fsp3) is 0.278. The second-order valence-electron chi connectivity index (χ2n) is 6.47. The van der Waals surface area contributed by atoms with Crippen LogP contribution in [0, 0.1) is 17.0 Å². The highest BCUT2D eigenvalue weighted by Crippen LogP contribution is 2.30. The van der Waals surface area contributed by atoms with E-state index in [2.05, 4.69) is 4.72 Å². The van der Waals surface area contributed by atoms with Crippen LogP contribution in [0.25, 0.3) is 0 Å². The smallest absolute Gasteiger partial charge is 0.289 e. The third-order valence-electron chi connectivity index (χ3n) is 4.56. The van der Waals surface area contributed by atoms with Crippen molar-refractivity contribution in [3.63, 3.8) is 0 Å². The van der Waals surface area contributed by atoms with Gasteiger partial charge in [-0.2, -0.15) is 0 Å². The zero-order valence-corrected chi connectivity index (χ0v) is 16.6. The molecule has 1 amide bonds. The van der Waals surface area contributed by atoms with E-state index in [0.717, 1.165) is 25.0 Å². The van der Waals surface area contributed by atoms with Gasteiger partial charge in [0.1, 0.15) is 5.02 Å². The lowest BCUT2D eigenvalue weighted by Gasteiger charge is -2.19. The molecule has 28 heavy (non-hydrogen) atoms. The average molecular weight is 424 g/mol. The molecule has 148 valence electrons. The molecular formula is C18H18ClN3O5S. The van der Waals surface area contributed by atoms with Crippen molar-refractivity contribution in [2.45, 2.75) is 24.7 Å². The van der Waals surface area contributed by atoms with Crippen molar-refractivity contribution in [1.29, 1.82) is 0 Å². The lowest BCUT2D eigenvalue weighted by molar-refractivity contribution is -0.384. The molecule has 10 heteroatoms. The van der Waals surface area contributed by atoms with Crippen LogP contribution in [0.4, 0.5) is 11.4 Å². The van der Waals surface area contributed by atoms with Crippen LogP contribution in [0.5, 0.6) is 0 Å². The summed E-state index contributed by atoms with van der Waals surface area (Å²) in [5.41, 5.74) is 0.464. The van der Waals surface area contributed by atoms with Gasteiger partial charge in [0.15, 0.2) is 0 Å².